The lowest BCUT2D eigenvalue weighted by atomic mass is 10.2. The fourth-order valence-electron chi connectivity index (χ4n) is 1.57. The highest BCUT2D eigenvalue weighted by Crippen LogP contribution is 2.04. The second-order valence-electron chi connectivity index (χ2n) is 4.54. The number of aliphatic hydroxyl groups excluding tert-OH is 3. The van der Waals surface area contributed by atoms with E-state index < -0.39 is 34.7 Å². The maximum Gasteiger partial charge on any atom is 0.267 e. The highest BCUT2D eigenvalue weighted by molar-refractivity contribution is 7.85. The van der Waals surface area contributed by atoms with E-state index in [4.69, 9.17) is 9.66 Å². The number of likely N-dealkylation sites (N-methyl/N-ethyl adjacent to an activating group) is 1. The quantitative estimate of drug-likeness (QED) is 0.296. The number of quaternary nitrogens is 1. The van der Waals surface area contributed by atoms with E-state index in [9.17, 15) is 18.6 Å². The molecule has 0 amide bonds. The molecule has 9 heteroatoms. The van der Waals surface area contributed by atoms with Crippen molar-refractivity contribution in [3.63, 3.8) is 0 Å². The molecule has 0 saturated carbocycles. The summed E-state index contributed by atoms with van der Waals surface area (Å²) < 4.78 is 29.7. The first kappa shape index (κ1) is 19.1. The highest BCUT2D eigenvalue weighted by atomic mass is 32.2. The lowest BCUT2D eigenvalue weighted by Gasteiger charge is -2.32. The van der Waals surface area contributed by atoms with Gasteiger partial charge in [-0.1, -0.05) is 0 Å². The second-order valence-corrected chi connectivity index (χ2v) is 6.04. The van der Waals surface area contributed by atoms with Crippen LogP contribution in [0.4, 0.5) is 0 Å². The molecular formula is C8H21NO7S. The minimum Gasteiger partial charge on any atom is -0.870 e. The lowest BCUT2D eigenvalue weighted by molar-refractivity contribution is -0.896. The molecule has 0 aliphatic rings. The van der Waals surface area contributed by atoms with Crippen molar-refractivity contribution in [2.45, 2.75) is 12.2 Å². The van der Waals surface area contributed by atoms with Gasteiger partial charge in [0, 0.05) is 0 Å². The molecule has 0 saturated heterocycles. The standard InChI is InChI=1S/C8H19NO6S.H2O/c1-9(2,3-7(11)5-10)4-8(12)6-16(13,14)15;/h7-8,10-12H,3-6H2,1-2H3;1H2. The summed E-state index contributed by atoms with van der Waals surface area (Å²) in [5.41, 5.74) is 0. The zero-order chi connectivity index (χ0) is 13.0. The predicted molar refractivity (Wildman–Crippen MR) is 59.3 cm³/mol. The van der Waals surface area contributed by atoms with Crippen LogP contribution >= 0.6 is 0 Å². The van der Waals surface area contributed by atoms with Gasteiger partial charge in [0.2, 0.25) is 0 Å². The zero-order valence-corrected chi connectivity index (χ0v) is 10.7. The van der Waals surface area contributed by atoms with Crippen molar-refractivity contribution in [1.29, 1.82) is 0 Å². The van der Waals surface area contributed by atoms with E-state index >= 15 is 0 Å². The second kappa shape index (κ2) is 7.21. The minimum absolute atomic E-state index is 0. The summed E-state index contributed by atoms with van der Waals surface area (Å²) in [5.74, 6) is -0.732. The molecule has 0 radical (unpaired) electrons. The number of aliphatic hydroxyl groups is 3. The van der Waals surface area contributed by atoms with Crippen molar-refractivity contribution >= 4 is 10.1 Å². The largest absolute Gasteiger partial charge is 0.870 e. The summed E-state index contributed by atoms with van der Waals surface area (Å²) in [6.07, 6.45) is -2.14. The van der Waals surface area contributed by atoms with Crippen molar-refractivity contribution in [2.75, 3.05) is 39.5 Å². The Kier molecular flexibility index (Phi) is 8.09. The molecule has 0 aliphatic heterocycles. The van der Waals surface area contributed by atoms with Gasteiger partial charge in [-0.3, -0.25) is 4.55 Å². The van der Waals surface area contributed by atoms with E-state index in [0.29, 0.717) is 0 Å². The third kappa shape index (κ3) is 10.6. The summed E-state index contributed by atoms with van der Waals surface area (Å²) in [5, 5.41) is 27.3. The molecule has 0 fully saturated rings. The van der Waals surface area contributed by atoms with Gasteiger partial charge in [0.15, 0.2) is 0 Å². The molecule has 0 heterocycles. The Balaban J connectivity index is 0. The number of hydrogen-bond acceptors (Lipinski definition) is 6. The predicted octanol–water partition coefficient (Wildman–Crippen LogP) is -2.51. The Bertz CT molecular complexity index is 303. The average Bonchev–Trinajstić information content (AvgIpc) is 1.97. The van der Waals surface area contributed by atoms with Crippen LogP contribution in [0.3, 0.4) is 0 Å². The fourth-order valence-corrected chi connectivity index (χ4v) is 2.16. The van der Waals surface area contributed by atoms with Crippen molar-refractivity contribution in [2.24, 2.45) is 0 Å². The topological polar surface area (TPSA) is 145 Å². The van der Waals surface area contributed by atoms with Crippen LogP contribution in [0.2, 0.25) is 0 Å². The van der Waals surface area contributed by atoms with Gasteiger partial charge in [0.25, 0.3) is 10.1 Å². The van der Waals surface area contributed by atoms with Gasteiger partial charge in [-0.2, -0.15) is 8.42 Å². The van der Waals surface area contributed by atoms with Crippen LogP contribution < -0.4 is 0 Å². The van der Waals surface area contributed by atoms with E-state index in [1.165, 1.54) is 0 Å². The Labute approximate surface area is 101 Å². The molecule has 0 aromatic rings. The molecule has 5 N–H and O–H groups in total. The van der Waals surface area contributed by atoms with Crippen LogP contribution in [0.25, 0.3) is 0 Å². The minimum atomic E-state index is -4.20. The maximum atomic E-state index is 10.5. The van der Waals surface area contributed by atoms with Crippen LogP contribution in [0, 0.1) is 0 Å². The summed E-state index contributed by atoms with van der Waals surface area (Å²) in [4.78, 5) is 0. The van der Waals surface area contributed by atoms with Crippen LogP contribution in [-0.2, 0) is 10.1 Å². The van der Waals surface area contributed by atoms with Gasteiger partial charge in [-0.25, -0.2) is 0 Å². The molecule has 0 aromatic carbocycles. The van der Waals surface area contributed by atoms with Gasteiger partial charge >= 0.3 is 0 Å². The first-order valence-electron chi connectivity index (χ1n) is 4.80. The monoisotopic (exact) mass is 275 g/mol. The highest BCUT2D eigenvalue weighted by Gasteiger charge is 2.26. The normalized spacial score (nSPS) is 16.1. The third-order valence-corrected chi connectivity index (χ3v) is 2.83. The first-order valence-corrected chi connectivity index (χ1v) is 6.41. The smallest absolute Gasteiger partial charge is 0.267 e. The SMILES string of the molecule is C[N+](C)(CC(O)CO)CC(O)CS(=O)(=O)O.[OH-]. The van der Waals surface area contributed by atoms with Gasteiger partial charge < -0.3 is 25.3 Å². The molecule has 0 spiro atoms. The molecule has 0 aliphatic carbocycles. The summed E-state index contributed by atoms with van der Waals surface area (Å²) in [6.45, 7) is -0.161. The summed E-state index contributed by atoms with van der Waals surface area (Å²) in [7, 11) is -0.856. The van der Waals surface area contributed by atoms with Crippen molar-refractivity contribution in [3.8, 4) is 0 Å². The van der Waals surface area contributed by atoms with Crippen LogP contribution in [0.15, 0.2) is 0 Å². The molecule has 17 heavy (non-hydrogen) atoms. The van der Waals surface area contributed by atoms with Gasteiger partial charge in [0.05, 0.1) is 20.7 Å². The first-order chi connectivity index (χ1) is 7.06. The Hall–Kier alpha value is -0.290. The molecule has 106 valence electrons. The number of nitrogens with zero attached hydrogens (tertiary/aromatic N) is 1. The Morgan fingerprint density at radius 2 is 1.53 bits per heavy atom. The van der Waals surface area contributed by atoms with Gasteiger partial charge in [-0.15, -0.1) is 0 Å². The van der Waals surface area contributed by atoms with Crippen LogP contribution in [-0.4, -0.2) is 90.0 Å². The average molecular weight is 275 g/mol. The summed E-state index contributed by atoms with van der Waals surface area (Å²) in [6, 6.07) is 0. The molecule has 2 atom stereocenters. The van der Waals surface area contributed by atoms with E-state index in [0.717, 1.165) is 0 Å². The molecule has 2 unspecified atom stereocenters. The van der Waals surface area contributed by atoms with Crippen molar-refractivity contribution in [1.82, 2.24) is 0 Å². The van der Waals surface area contributed by atoms with E-state index in [-0.39, 0.29) is 23.0 Å². The van der Waals surface area contributed by atoms with E-state index in [1.54, 1.807) is 14.1 Å². The maximum absolute atomic E-state index is 10.5. The van der Waals surface area contributed by atoms with Gasteiger partial charge in [-0.05, 0) is 0 Å². The Morgan fingerprint density at radius 3 is 1.88 bits per heavy atom. The fraction of sp³-hybridized carbons (Fsp3) is 1.00. The van der Waals surface area contributed by atoms with Crippen LogP contribution in [0.1, 0.15) is 0 Å². The number of hydrogen-bond donors (Lipinski definition) is 4. The molecule has 8 nitrogen and oxygen atoms in total. The van der Waals surface area contributed by atoms with Crippen molar-refractivity contribution < 1.29 is 38.2 Å². The Morgan fingerprint density at radius 1 is 1.12 bits per heavy atom. The molecule has 0 rings (SSSR count). The lowest BCUT2D eigenvalue weighted by Crippen LogP contribution is -2.51. The third-order valence-electron chi connectivity index (χ3n) is 2.02. The molecule has 0 aromatic heterocycles. The van der Waals surface area contributed by atoms with E-state index in [2.05, 4.69) is 0 Å². The molecule has 0 bridgehead atoms. The summed E-state index contributed by atoms with van der Waals surface area (Å²) >= 11 is 0. The van der Waals surface area contributed by atoms with Crippen LogP contribution in [0.5, 0.6) is 0 Å². The number of rotatable bonds is 7. The van der Waals surface area contributed by atoms with Gasteiger partial charge in [0.1, 0.15) is 31.1 Å². The van der Waals surface area contributed by atoms with Crippen molar-refractivity contribution in [3.05, 3.63) is 0 Å². The molecular weight excluding hydrogens is 254 g/mol. The zero-order valence-electron chi connectivity index (χ0n) is 9.89. The van der Waals surface area contributed by atoms with E-state index in [1.807, 2.05) is 0 Å².